The maximum absolute atomic E-state index is 2.48. The molecule has 0 unspecified atom stereocenters. The first-order valence-electron chi connectivity index (χ1n) is 15.2. The van der Waals surface area contributed by atoms with Gasteiger partial charge in [-0.25, -0.2) is 0 Å². The van der Waals surface area contributed by atoms with Crippen LogP contribution in [0.15, 0.2) is 170 Å². The van der Waals surface area contributed by atoms with E-state index in [1.807, 2.05) is 0 Å². The molecule has 206 valence electrons. The van der Waals surface area contributed by atoms with Crippen LogP contribution in [-0.4, -0.2) is 0 Å². The summed E-state index contributed by atoms with van der Waals surface area (Å²) in [6.45, 7) is 1.02. The molecule has 1 atom stereocenters. The Kier molecular flexibility index (Phi) is 5.48. The summed E-state index contributed by atoms with van der Waals surface area (Å²) in [4.78, 5) is 0. The molecule has 0 fully saturated rings. The summed E-state index contributed by atoms with van der Waals surface area (Å²) in [5.74, 6) is 0. The van der Waals surface area contributed by atoms with Crippen molar-refractivity contribution in [3.63, 3.8) is 0 Å². The van der Waals surface area contributed by atoms with Gasteiger partial charge in [0.2, 0.25) is 17.1 Å². The average Bonchev–Trinajstić information content (AvgIpc) is 3.73. The molecule has 3 heteroatoms. The monoisotopic (exact) mass is 564 g/mol. The van der Waals surface area contributed by atoms with Gasteiger partial charge in [-0.3, -0.25) is 0 Å². The summed E-state index contributed by atoms with van der Waals surface area (Å²) in [5, 5.41) is 0. The average molecular weight is 565 g/mol. The Balaban J connectivity index is 0.000000173. The van der Waals surface area contributed by atoms with Crippen LogP contribution in [0.3, 0.4) is 0 Å². The van der Waals surface area contributed by atoms with Crippen LogP contribution < -0.4 is 13.7 Å². The van der Waals surface area contributed by atoms with E-state index in [0.29, 0.717) is 0 Å². The molecular weight excluding hydrogens is 534 g/mol. The highest BCUT2D eigenvalue weighted by atomic mass is 15.3. The third kappa shape index (κ3) is 3.47. The zero-order chi connectivity index (χ0) is 29.1. The lowest BCUT2D eigenvalue weighted by Gasteiger charge is -2.17. The van der Waals surface area contributed by atoms with Crippen LogP contribution in [0, 0.1) is 0 Å². The molecule has 0 N–H and O–H groups in total. The van der Waals surface area contributed by atoms with Crippen molar-refractivity contribution in [1.29, 1.82) is 0 Å². The summed E-state index contributed by atoms with van der Waals surface area (Å²) >= 11 is 0. The molecular formula is C41H30N3+3. The number of hydrogen-bond acceptors (Lipinski definition) is 0. The molecule has 0 saturated carbocycles. The molecule has 3 nitrogen and oxygen atoms in total. The Hall–Kier alpha value is -5.67. The van der Waals surface area contributed by atoms with Gasteiger partial charge in [0.25, 0.3) is 0 Å². The molecule has 4 aromatic carbocycles. The zero-order valence-electron chi connectivity index (χ0n) is 24.2. The lowest BCUT2D eigenvalue weighted by Crippen LogP contribution is -2.71. The highest BCUT2D eigenvalue weighted by molar-refractivity contribution is 5.74. The third-order valence-electron chi connectivity index (χ3n) is 9.34. The smallest absolute Gasteiger partial charge is 0.194 e. The maximum atomic E-state index is 2.48. The highest BCUT2D eigenvalue weighted by Gasteiger charge is 2.66. The van der Waals surface area contributed by atoms with E-state index in [9.17, 15) is 0 Å². The van der Waals surface area contributed by atoms with Gasteiger partial charge in [-0.1, -0.05) is 72.8 Å². The first-order chi connectivity index (χ1) is 21.8. The molecule has 0 aliphatic carbocycles. The summed E-state index contributed by atoms with van der Waals surface area (Å²) in [6.07, 6.45) is 6.69. The normalized spacial score (nSPS) is 15.7. The van der Waals surface area contributed by atoms with Crippen LogP contribution in [-0.2, 0) is 12.2 Å². The number of hydrogen-bond donors (Lipinski definition) is 0. The van der Waals surface area contributed by atoms with Crippen molar-refractivity contribution < 1.29 is 13.7 Å². The molecule has 3 aliphatic rings. The molecule has 0 saturated heterocycles. The SMILES string of the molecule is c1ccc(-c2ccc3[n+](c2)[C@@]2(c4ccccc4-c4cccc[n+]42)c2ccccc2-3)cc1.c1ccc2c(c1)C[n+]1ccccc1-2. The summed E-state index contributed by atoms with van der Waals surface area (Å²) < 4.78 is 7.21. The van der Waals surface area contributed by atoms with Gasteiger partial charge in [0.1, 0.15) is 11.1 Å². The van der Waals surface area contributed by atoms with Gasteiger partial charge in [0, 0.05) is 41.5 Å². The fourth-order valence-corrected chi connectivity index (χ4v) is 7.49. The minimum atomic E-state index is -0.427. The molecule has 6 heterocycles. The largest absolute Gasteiger partial charge is 0.417 e. The molecule has 3 aromatic heterocycles. The van der Waals surface area contributed by atoms with Crippen molar-refractivity contribution in [1.82, 2.24) is 0 Å². The predicted molar refractivity (Wildman–Crippen MR) is 172 cm³/mol. The Morgan fingerprint density at radius 3 is 1.77 bits per heavy atom. The minimum absolute atomic E-state index is 0.427. The van der Waals surface area contributed by atoms with Crippen LogP contribution in [0.1, 0.15) is 16.7 Å². The van der Waals surface area contributed by atoms with Gasteiger partial charge >= 0.3 is 5.66 Å². The van der Waals surface area contributed by atoms with E-state index in [2.05, 4.69) is 184 Å². The Labute approximate surface area is 257 Å². The summed E-state index contributed by atoms with van der Waals surface area (Å²) in [6, 6.07) is 54.3. The van der Waals surface area contributed by atoms with Gasteiger partial charge in [0.05, 0.1) is 16.7 Å². The molecule has 10 rings (SSSR count). The van der Waals surface area contributed by atoms with Gasteiger partial charge < -0.3 is 0 Å². The third-order valence-corrected chi connectivity index (χ3v) is 9.34. The number of nitrogens with zero attached hydrogens (tertiary/aromatic N) is 3. The first-order valence-corrected chi connectivity index (χ1v) is 15.2. The second kappa shape index (κ2) is 9.68. The van der Waals surface area contributed by atoms with Crippen LogP contribution in [0.2, 0.25) is 0 Å². The van der Waals surface area contributed by atoms with Gasteiger partial charge in [0.15, 0.2) is 25.1 Å². The highest BCUT2D eigenvalue weighted by Crippen LogP contribution is 2.46. The van der Waals surface area contributed by atoms with E-state index in [1.54, 1.807) is 0 Å². The van der Waals surface area contributed by atoms with Crippen LogP contribution in [0.4, 0.5) is 0 Å². The Bertz CT molecular complexity index is 2110. The van der Waals surface area contributed by atoms with Crippen molar-refractivity contribution >= 4 is 0 Å². The molecule has 0 radical (unpaired) electrons. The topological polar surface area (TPSA) is 11.6 Å². The first kappa shape index (κ1) is 24.9. The van der Waals surface area contributed by atoms with Crippen LogP contribution in [0.5, 0.6) is 0 Å². The fraction of sp³-hybridized carbons (Fsp3) is 0.0488. The molecule has 1 spiro atoms. The Morgan fingerprint density at radius 1 is 0.409 bits per heavy atom. The molecule has 0 bridgehead atoms. The van der Waals surface area contributed by atoms with Crippen molar-refractivity contribution in [2.45, 2.75) is 12.2 Å². The summed E-state index contributed by atoms with van der Waals surface area (Å²) in [7, 11) is 0. The Morgan fingerprint density at radius 2 is 1.00 bits per heavy atom. The van der Waals surface area contributed by atoms with E-state index in [1.165, 1.54) is 61.6 Å². The predicted octanol–water partition coefficient (Wildman–Crippen LogP) is 7.19. The maximum Gasteiger partial charge on any atom is 0.417 e. The van der Waals surface area contributed by atoms with E-state index >= 15 is 0 Å². The van der Waals surface area contributed by atoms with Crippen LogP contribution >= 0.6 is 0 Å². The second-order valence-electron chi connectivity index (χ2n) is 11.6. The van der Waals surface area contributed by atoms with Crippen LogP contribution in [0.25, 0.3) is 44.9 Å². The van der Waals surface area contributed by atoms with Gasteiger partial charge in [-0.2, -0.15) is 4.57 Å². The van der Waals surface area contributed by atoms with E-state index in [-0.39, 0.29) is 0 Å². The standard InChI is InChI=1S/C29H20N2.C12H10N/c1-2-10-21(11-3-1)22-17-18-28-24-13-5-7-15-26(24)29(31(28)20-22)25-14-6-4-12-23(25)27-16-8-9-19-30(27)29;1-2-6-11-10(5-1)9-13-8-4-3-7-12(11)13/h1-20H;1-8H,9H2/q+2;+1/t29-;/m0./s1. The number of aromatic nitrogens is 3. The number of pyridine rings is 3. The van der Waals surface area contributed by atoms with E-state index in [4.69, 9.17) is 0 Å². The van der Waals surface area contributed by atoms with Crippen molar-refractivity contribution in [3.8, 4) is 44.9 Å². The summed E-state index contributed by atoms with van der Waals surface area (Å²) in [5.41, 5.74) is 13.9. The lowest BCUT2D eigenvalue weighted by molar-refractivity contribution is -0.954. The van der Waals surface area contributed by atoms with Crippen molar-refractivity contribution in [2.24, 2.45) is 0 Å². The molecule has 44 heavy (non-hydrogen) atoms. The lowest BCUT2D eigenvalue weighted by atomic mass is 9.90. The fourth-order valence-electron chi connectivity index (χ4n) is 7.49. The number of rotatable bonds is 1. The minimum Gasteiger partial charge on any atom is -0.194 e. The van der Waals surface area contributed by atoms with Crippen molar-refractivity contribution in [2.75, 3.05) is 0 Å². The molecule has 3 aliphatic heterocycles. The zero-order valence-corrected chi connectivity index (χ0v) is 24.2. The number of benzene rings is 4. The van der Waals surface area contributed by atoms with Gasteiger partial charge in [-0.05, 0) is 54.1 Å². The number of fused-ring (bicyclic) bond motifs is 13. The molecule has 7 aromatic rings. The van der Waals surface area contributed by atoms with E-state index < -0.39 is 5.66 Å². The van der Waals surface area contributed by atoms with Gasteiger partial charge in [-0.15, -0.1) is 9.13 Å². The quantitative estimate of drug-likeness (QED) is 0.187. The van der Waals surface area contributed by atoms with E-state index in [0.717, 1.165) is 6.54 Å². The van der Waals surface area contributed by atoms with Crippen molar-refractivity contribution in [3.05, 3.63) is 187 Å². The molecule has 0 amide bonds. The second-order valence-corrected chi connectivity index (χ2v) is 11.6.